The molecule has 2 unspecified atom stereocenters. The van der Waals surface area contributed by atoms with Gasteiger partial charge in [-0.15, -0.1) is 0 Å². The van der Waals surface area contributed by atoms with Gasteiger partial charge in [-0.05, 0) is 30.5 Å². The summed E-state index contributed by atoms with van der Waals surface area (Å²) in [6, 6.07) is 6.57. The zero-order valence-electron chi connectivity index (χ0n) is 11.8. The number of carboxylic acids is 1. The molecule has 2 atom stereocenters. The molecule has 0 bridgehead atoms. The summed E-state index contributed by atoms with van der Waals surface area (Å²) in [7, 11) is 0. The van der Waals surface area contributed by atoms with Crippen molar-refractivity contribution in [3.8, 4) is 0 Å². The summed E-state index contributed by atoms with van der Waals surface area (Å²) in [5.74, 6) is -1.46. The summed E-state index contributed by atoms with van der Waals surface area (Å²) >= 11 is 5.70. The van der Waals surface area contributed by atoms with Crippen LogP contribution in [0.1, 0.15) is 18.9 Å². The van der Waals surface area contributed by atoms with Crippen LogP contribution in [0.15, 0.2) is 24.3 Å². The summed E-state index contributed by atoms with van der Waals surface area (Å²) in [6.45, 7) is 1.15. The number of carbonyl (C=O) groups is 1. The van der Waals surface area contributed by atoms with Crippen molar-refractivity contribution in [3.05, 3.63) is 34.9 Å². The standard InChI is InChI=1S/C14H16ClF3O4/c1-2-11(12(19)20)22-13(14(16,17)18)21-8-7-9-3-5-10(15)6-4-9/h3-6,11,13H,2,7-8H2,1H3,(H,19,20). The number of hydrogen-bond donors (Lipinski definition) is 1. The fourth-order valence-electron chi connectivity index (χ4n) is 1.62. The molecule has 124 valence electrons. The van der Waals surface area contributed by atoms with Crippen molar-refractivity contribution in [2.45, 2.75) is 38.3 Å². The number of ether oxygens (including phenoxy) is 2. The molecular formula is C14H16ClF3O4. The molecule has 0 amide bonds. The Hall–Kier alpha value is -1.31. The summed E-state index contributed by atoms with van der Waals surface area (Å²) in [5.41, 5.74) is 0.746. The summed E-state index contributed by atoms with van der Waals surface area (Å²) in [4.78, 5) is 10.8. The molecule has 0 saturated carbocycles. The number of aliphatic carboxylic acids is 1. The van der Waals surface area contributed by atoms with Crippen molar-refractivity contribution in [1.29, 1.82) is 0 Å². The molecule has 1 aromatic carbocycles. The predicted molar refractivity (Wildman–Crippen MR) is 73.8 cm³/mol. The van der Waals surface area contributed by atoms with E-state index in [0.717, 1.165) is 5.56 Å². The number of hydrogen-bond acceptors (Lipinski definition) is 3. The molecule has 0 heterocycles. The Morgan fingerprint density at radius 1 is 1.32 bits per heavy atom. The van der Waals surface area contributed by atoms with E-state index in [0.29, 0.717) is 5.02 Å². The third-order valence-corrected chi connectivity index (χ3v) is 3.03. The highest BCUT2D eigenvalue weighted by molar-refractivity contribution is 6.30. The molecule has 0 aliphatic heterocycles. The first-order valence-electron chi connectivity index (χ1n) is 6.55. The van der Waals surface area contributed by atoms with Gasteiger partial charge >= 0.3 is 12.1 Å². The molecule has 8 heteroatoms. The van der Waals surface area contributed by atoms with Gasteiger partial charge in [0.05, 0.1) is 6.61 Å². The average Bonchev–Trinajstić information content (AvgIpc) is 2.43. The monoisotopic (exact) mass is 340 g/mol. The first-order chi connectivity index (χ1) is 10.2. The number of alkyl halides is 3. The van der Waals surface area contributed by atoms with Gasteiger partial charge in [-0.2, -0.15) is 13.2 Å². The molecule has 0 aliphatic carbocycles. The third-order valence-electron chi connectivity index (χ3n) is 2.77. The normalized spacial score (nSPS) is 14.6. The molecule has 4 nitrogen and oxygen atoms in total. The largest absolute Gasteiger partial charge is 0.479 e. The Kier molecular flexibility index (Phi) is 7.12. The van der Waals surface area contributed by atoms with Crippen molar-refractivity contribution in [2.24, 2.45) is 0 Å². The summed E-state index contributed by atoms with van der Waals surface area (Å²) in [5, 5.41) is 9.28. The number of carboxylic acid groups (broad SMARTS) is 1. The molecule has 0 saturated heterocycles. The highest BCUT2D eigenvalue weighted by Gasteiger charge is 2.44. The van der Waals surface area contributed by atoms with E-state index in [2.05, 4.69) is 9.47 Å². The van der Waals surface area contributed by atoms with Crippen LogP contribution < -0.4 is 0 Å². The van der Waals surface area contributed by atoms with Gasteiger partial charge in [0.25, 0.3) is 6.29 Å². The second-order valence-electron chi connectivity index (χ2n) is 4.49. The van der Waals surface area contributed by atoms with Crippen LogP contribution in [0, 0.1) is 0 Å². The zero-order valence-corrected chi connectivity index (χ0v) is 12.5. The maximum Gasteiger partial charge on any atom is 0.440 e. The highest BCUT2D eigenvalue weighted by atomic mass is 35.5. The Morgan fingerprint density at radius 3 is 2.36 bits per heavy atom. The van der Waals surface area contributed by atoms with Gasteiger partial charge in [0.2, 0.25) is 0 Å². The maximum atomic E-state index is 12.8. The van der Waals surface area contributed by atoms with E-state index in [1.165, 1.54) is 6.92 Å². The summed E-state index contributed by atoms with van der Waals surface area (Å²) < 4.78 is 47.6. The van der Waals surface area contributed by atoms with Crippen LogP contribution >= 0.6 is 11.6 Å². The highest BCUT2D eigenvalue weighted by Crippen LogP contribution is 2.26. The minimum atomic E-state index is -4.80. The molecule has 0 aromatic heterocycles. The third kappa shape index (κ3) is 6.21. The summed E-state index contributed by atoms with van der Waals surface area (Å²) in [6.07, 6.45) is -8.81. The lowest BCUT2D eigenvalue weighted by Gasteiger charge is -2.24. The quantitative estimate of drug-likeness (QED) is 0.734. The van der Waals surface area contributed by atoms with Gasteiger partial charge in [0, 0.05) is 5.02 Å². The van der Waals surface area contributed by atoms with E-state index < -0.39 is 24.5 Å². The van der Waals surface area contributed by atoms with Gasteiger partial charge in [0.15, 0.2) is 6.10 Å². The van der Waals surface area contributed by atoms with E-state index in [1.807, 2.05) is 0 Å². The Balaban J connectivity index is 2.58. The Labute approximate surface area is 130 Å². The fourth-order valence-corrected chi connectivity index (χ4v) is 1.75. The van der Waals surface area contributed by atoms with Crippen molar-refractivity contribution < 1.29 is 32.5 Å². The van der Waals surface area contributed by atoms with Gasteiger partial charge in [-0.1, -0.05) is 30.7 Å². The van der Waals surface area contributed by atoms with E-state index in [9.17, 15) is 18.0 Å². The lowest BCUT2D eigenvalue weighted by molar-refractivity contribution is -0.319. The topological polar surface area (TPSA) is 55.8 Å². The van der Waals surface area contributed by atoms with Gasteiger partial charge in [-0.3, -0.25) is 0 Å². The van der Waals surface area contributed by atoms with Gasteiger partial charge in [-0.25, -0.2) is 4.79 Å². The molecule has 1 N–H and O–H groups in total. The zero-order chi connectivity index (χ0) is 16.8. The average molecular weight is 341 g/mol. The van der Waals surface area contributed by atoms with Crippen LogP contribution in [0.2, 0.25) is 5.02 Å². The van der Waals surface area contributed by atoms with Crippen LogP contribution in [0.3, 0.4) is 0 Å². The Morgan fingerprint density at radius 2 is 1.91 bits per heavy atom. The molecule has 1 rings (SSSR count). The molecule has 22 heavy (non-hydrogen) atoms. The number of benzene rings is 1. The molecule has 0 radical (unpaired) electrons. The minimum Gasteiger partial charge on any atom is -0.479 e. The minimum absolute atomic E-state index is 0.0948. The van der Waals surface area contributed by atoms with E-state index in [-0.39, 0.29) is 19.4 Å². The maximum absolute atomic E-state index is 12.8. The van der Waals surface area contributed by atoms with Crippen LogP contribution in [-0.4, -0.2) is 36.3 Å². The fraction of sp³-hybridized carbons (Fsp3) is 0.500. The molecule has 1 aromatic rings. The van der Waals surface area contributed by atoms with Crippen LogP contribution in [0.4, 0.5) is 13.2 Å². The Bertz CT molecular complexity index is 476. The van der Waals surface area contributed by atoms with E-state index in [1.54, 1.807) is 24.3 Å². The first kappa shape index (κ1) is 18.7. The van der Waals surface area contributed by atoms with Crippen molar-refractivity contribution in [3.63, 3.8) is 0 Å². The number of rotatable bonds is 8. The van der Waals surface area contributed by atoms with Crippen molar-refractivity contribution >= 4 is 17.6 Å². The second kappa shape index (κ2) is 8.36. The first-order valence-corrected chi connectivity index (χ1v) is 6.93. The number of halogens is 4. The van der Waals surface area contributed by atoms with Gasteiger partial charge in [0.1, 0.15) is 0 Å². The second-order valence-corrected chi connectivity index (χ2v) is 4.93. The van der Waals surface area contributed by atoms with E-state index >= 15 is 0 Å². The lowest BCUT2D eigenvalue weighted by atomic mass is 10.2. The molecule has 0 aliphatic rings. The lowest BCUT2D eigenvalue weighted by Crippen LogP contribution is -2.40. The molecule has 0 fully saturated rings. The van der Waals surface area contributed by atoms with Crippen LogP contribution in [0.5, 0.6) is 0 Å². The molecular weight excluding hydrogens is 325 g/mol. The SMILES string of the molecule is CCC(OC(OCCc1ccc(Cl)cc1)C(F)(F)F)C(=O)O. The van der Waals surface area contributed by atoms with Crippen LogP contribution in [-0.2, 0) is 20.7 Å². The predicted octanol–water partition coefficient (Wildman–Crippen LogP) is 3.67. The smallest absolute Gasteiger partial charge is 0.440 e. The van der Waals surface area contributed by atoms with Gasteiger partial charge < -0.3 is 14.6 Å². The van der Waals surface area contributed by atoms with Crippen molar-refractivity contribution in [1.82, 2.24) is 0 Å². The van der Waals surface area contributed by atoms with Crippen LogP contribution in [0.25, 0.3) is 0 Å². The van der Waals surface area contributed by atoms with Crippen molar-refractivity contribution in [2.75, 3.05) is 6.61 Å². The van der Waals surface area contributed by atoms with E-state index in [4.69, 9.17) is 16.7 Å². The molecule has 0 spiro atoms.